The molecule has 17 heavy (non-hydrogen) atoms. The number of hydrogen-bond acceptors (Lipinski definition) is 4. The zero-order chi connectivity index (χ0) is 11.4. The van der Waals surface area contributed by atoms with E-state index in [1.807, 2.05) is 12.1 Å². The molecule has 0 amide bonds. The SMILES string of the molecule is O=c1[nH]nc2ccc(N3C[C@H]4CC[C@H]3C4)nn12. The fraction of sp³-hybridized carbons (Fsp3) is 0.545. The molecule has 2 aromatic heterocycles. The van der Waals surface area contributed by atoms with Crippen molar-refractivity contribution in [1.82, 2.24) is 19.8 Å². The molecule has 1 N–H and O–H groups in total. The summed E-state index contributed by atoms with van der Waals surface area (Å²) in [7, 11) is 0. The molecule has 1 aliphatic heterocycles. The molecule has 6 nitrogen and oxygen atoms in total. The molecule has 2 aliphatic rings. The summed E-state index contributed by atoms with van der Waals surface area (Å²) >= 11 is 0. The number of H-pyrrole nitrogens is 1. The summed E-state index contributed by atoms with van der Waals surface area (Å²) in [6.07, 6.45) is 3.87. The van der Waals surface area contributed by atoms with Crippen LogP contribution in [0.5, 0.6) is 0 Å². The van der Waals surface area contributed by atoms with Gasteiger partial charge in [-0.3, -0.25) is 0 Å². The maximum atomic E-state index is 11.5. The molecular weight excluding hydrogens is 218 g/mol. The molecule has 2 bridgehead atoms. The Morgan fingerprint density at radius 1 is 1.35 bits per heavy atom. The molecule has 2 fully saturated rings. The molecule has 1 aliphatic carbocycles. The Labute approximate surface area is 97.2 Å². The lowest BCUT2D eigenvalue weighted by atomic mass is 10.1. The first-order chi connectivity index (χ1) is 8.31. The third-order valence-electron chi connectivity index (χ3n) is 3.96. The second-order valence-electron chi connectivity index (χ2n) is 4.98. The van der Waals surface area contributed by atoms with E-state index in [1.165, 1.54) is 23.8 Å². The molecule has 6 heteroatoms. The van der Waals surface area contributed by atoms with Crippen LogP contribution in [-0.2, 0) is 0 Å². The zero-order valence-electron chi connectivity index (χ0n) is 9.33. The van der Waals surface area contributed by atoms with Gasteiger partial charge in [0.2, 0.25) is 0 Å². The van der Waals surface area contributed by atoms with Crippen LogP contribution in [0, 0.1) is 5.92 Å². The highest BCUT2D eigenvalue weighted by molar-refractivity contribution is 5.47. The van der Waals surface area contributed by atoms with E-state index >= 15 is 0 Å². The van der Waals surface area contributed by atoms with Crippen molar-refractivity contribution in [3.63, 3.8) is 0 Å². The molecule has 0 spiro atoms. The summed E-state index contributed by atoms with van der Waals surface area (Å²) in [6.45, 7) is 1.08. The number of fused-ring (bicyclic) bond motifs is 3. The number of nitrogens with zero attached hydrogens (tertiary/aromatic N) is 4. The average molecular weight is 231 g/mol. The highest BCUT2D eigenvalue weighted by Crippen LogP contribution is 2.39. The number of rotatable bonds is 1. The fourth-order valence-corrected chi connectivity index (χ4v) is 3.15. The summed E-state index contributed by atoms with van der Waals surface area (Å²) in [5.74, 6) is 1.71. The lowest BCUT2D eigenvalue weighted by Crippen LogP contribution is -2.33. The standard InChI is InChI=1S/C11H13N5O/c17-11-13-12-9-3-4-10(14-16(9)11)15-6-7-1-2-8(15)5-7/h3-4,7-8H,1-2,5-6H2,(H,13,17)/t7-,8-/m0/s1. The van der Waals surface area contributed by atoms with Crippen molar-refractivity contribution >= 4 is 11.5 Å². The van der Waals surface area contributed by atoms with Crippen molar-refractivity contribution < 1.29 is 0 Å². The average Bonchev–Trinajstić information content (AvgIpc) is 3.04. The summed E-state index contributed by atoms with van der Waals surface area (Å²) in [6, 6.07) is 4.41. The topological polar surface area (TPSA) is 66.3 Å². The van der Waals surface area contributed by atoms with Gasteiger partial charge < -0.3 is 4.90 Å². The molecule has 0 unspecified atom stereocenters. The van der Waals surface area contributed by atoms with Gasteiger partial charge in [0.15, 0.2) is 5.65 Å². The van der Waals surface area contributed by atoms with Gasteiger partial charge in [-0.2, -0.15) is 9.61 Å². The third kappa shape index (κ3) is 1.23. The Morgan fingerprint density at radius 3 is 3.06 bits per heavy atom. The predicted molar refractivity (Wildman–Crippen MR) is 62.1 cm³/mol. The van der Waals surface area contributed by atoms with Crippen LogP contribution in [0.25, 0.3) is 5.65 Å². The number of hydrogen-bond donors (Lipinski definition) is 1. The first-order valence-corrected chi connectivity index (χ1v) is 6.02. The van der Waals surface area contributed by atoms with Crippen LogP contribution in [0.15, 0.2) is 16.9 Å². The molecule has 0 aromatic carbocycles. The highest BCUT2D eigenvalue weighted by atomic mass is 16.2. The molecule has 0 radical (unpaired) electrons. The number of anilines is 1. The molecule has 3 heterocycles. The van der Waals surface area contributed by atoms with E-state index in [2.05, 4.69) is 20.2 Å². The monoisotopic (exact) mass is 231 g/mol. The van der Waals surface area contributed by atoms with Gasteiger partial charge in [-0.05, 0) is 37.3 Å². The second kappa shape index (κ2) is 3.09. The van der Waals surface area contributed by atoms with Gasteiger partial charge in [0, 0.05) is 12.6 Å². The van der Waals surface area contributed by atoms with Gasteiger partial charge in [-0.15, -0.1) is 5.10 Å². The van der Waals surface area contributed by atoms with E-state index in [1.54, 1.807) is 0 Å². The molecule has 1 saturated carbocycles. The van der Waals surface area contributed by atoms with Crippen LogP contribution >= 0.6 is 0 Å². The lowest BCUT2D eigenvalue weighted by Gasteiger charge is -2.27. The summed E-state index contributed by atoms with van der Waals surface area (Å²) < 4.78 is 1.33. The zero-order valence-corrected chi connectivity index (χ0v) is 9.33. The van der Waals surface area contributed by atoms with E-state index in [0.29, 0.717) is 11.7 Å². The van der Waals surface area contributed by atoms with Crippen LogP contribution < -0.4 is 10.6 Å². The number of nitrogens with one attached hydrogen (secondary N) is 1. The predicted octanol–water partition coefficient (Wildman–Crippen LogP) is 0.406. The molecule has 2 aromatic rings. The van der Waals surface area contributed by atoms with E-state index in [-0.39, 0.29) is 5.69 Å². The van der Waals surface area contributed by atoms with E-state index < -0.39 is 0 Å². The van der Waals surface area contributed by atoms with Gasteiger partial charge in [-0.1, -0.05) is 0 Å². The van der Waals surface area contributed by atoms with Crippen LogP contribution in [-0.4, -0.2) is 32.4 Å². The summed E-state index contributed by atoms with van der Waals surface area (Å²) in [5, 5.41) is 10.7. The maximum absolute atomic E-state index is 11.5. The summed E-state index contributed by atoms with van der Waals surface area (Å²) in [5.41, 5.74) is 0.300. The normalized spacial score (nSPS) is 27.2. The Balaban J connectivity index is 1.81. The van der Waals surface area contributed by atoms with Crippen molar-refractivity contribution in [3.8, 4) is 0 Å². The number of aromatic nitrogens is 4. The quantitative estimate of drug-likeness (QED) is 0.771. The second-order valence-corrected chi connectivity index (χ2v) is 4.98. The van der Waals surface area contributed by atoms with Crippen LogP contribution in [0.3, 0.4) is 0 Å². The van der Waals surface area contributed by atoms with Crippen molar-refractivity contribution in [2.24, 2.45) is 5.92 Å². The first-order valence-electron chi connectivity index (χ1n) is 6.02. The largest absolute Gasteiger partial charge is 0.364 e. The minimum absolute atomic E-state index is 0.272. The van der Waals surface area contributed by atoms with Gasteiger partial charge >= 0.3 is 5.69 Å². The Bertz CT molecular complexity index is 630. The number of piperidine rings is 1. The van der Waals surface area contributed by atoms with E-state index in [0.717, 1.165) is 18.3 Å². The van der Waals surface area contributed by atoms with Crippen molar-refractivity contribution in [2.45, 2.75) is 25.3 Å². The smallest absolute Gasteiger partial charge is 0.352 e. The Morgan fingerprint density at radius 2 is 2.29 bits per heavy atom. The van der Waals surface area contributed by atoms with Crippen molar-refractivity contribution in [3.05, 3.63) is 22.6 Å². The van der Waals surface area contributed by atoms with Crippen LogP contribution in [0.4, 0.5) is 5.82 Å². The molecular formula is C11H13N5O. The minimum atomic E-state index is -0.272. The first kappa shape index (κ1) is 9.21. The molecule has 88 valence electrons. The van der Waals surface area contributed by atoms with Crippen molar-refractivity contribution in [2.75, 3.05) is 11.4 Å². The van der Waals surface area contributed by atoms with Crippen molar-refractivity contribution in [1.29, 1.82) is 0 Å². The molecule has 2 atom stereocenters. The third-order valence-corrected chi connectivity index (χ3v) is 3.96. The van der Waals surface area contributed by atoms with Crippen LogP contribution in [0.1, 0.15) is 19.3 Å². The maximum Gasteiger partial charge on any atom is 0.364 e. The fourth-order valence-electron chi connectivity index (χ4n) is 3.15. The number of aromatic amines is 1. The van der Waals surface area contributed by atoms with E-state index in [4.69, 9.17) is 0 Å². The summed E-state index contributed by atoms with van der Waals surface area (Å²) in [4.78, 5) is 13.8. The van der Waals surface area contributed by atoms with Crippen LogP contribution in [0.2, 0.25) is 0 Å². The van der Waals surface area contributed by atoms with E-state index in [9.17, 15) is 4.79 Å². The molecule has 1 saturated heterocycles. The Kier molecular flexibility index (Phi) is 1.67. The lowest BCUT2D eigenvalue weighted by molar-refractivity contribution is 0.548. The van der Waals surface area contributed by atoms with Gasteiger partial charge in [0.1, 0.15) is 5.82 Å². The molecule has 4 rings (SSSR count). The highest BCUT2D eigenvalue weighted by Gasteiger charge is 2.38. The van der Waals surface area contributed by atoms with Gasteiger partial charge in [0.05, 0.1) is 0 Å². The van der Waals surface area contributed by atoms with Gasteiger partial charge in [-0.25, -0.2) is 9.89 Å². The van der Waals surface area contributed by atoms with Gasteiger partial charge in [0.25, 0.3) is 0 Å². The Hall–Kier alpha value is -1.85. The minimum Gasteiger partial charge on any atom is -0.352 e.